The number of aromatic nitrogens is 1. The Labute approximate surface area is 130 Å². The largest absolute Gasteiger partial charge is 0.508 e. The number of allylic oxidation sites excluding steroid dienone is 1. The Hall–Kier alpha value is -3.28. The first-order valence-corrected chi connectivity index (χ1v) is 6.80. The molecule has 0 aliphatic carbocycles. The summed E-state index contributed by atoms with van der Waals surface area (Å²) in [5, 5.41) is 9.43. The van der Waals surface area contributed by atoms with Crippen LogP contribution in [0.3, 0.4) is 0 Å². The van der Waals surface area contributed by atoms with Crippen LogP contribution in [0.5, 0.6) is 11.5 Å². The van der Waals surface area contributed by atoms with Gasteiger partial charge in [-0.1, -0.05) is 6.07 Å². The van der Waals surface area contributed by atoms with Crippen LogP contribution < -0.4 is 10.5 Å². The second-order valence-corrected chi connectivity index (χ2v) is 4.82. The van der Waals surface area contributed by atoms with Gasteiger partial charge >= 0.3 is 5.76 Å². The summed E-state index contributed by atoms with van der Waals surface area (Å²) in [6.07, 6.45) is 2.93. The molecule has 0 spiro atoms. The van der Waals surface area contributed by atoms with E-state index in [4.69, 9.17) is 9.15 Å². The molecule has 2 N–H and O–H groups in total. The van der Waals surface area contributed by atoms with Crippen LogP contribution in [0.2, 0.25) is 0 Å². The van der Waals surface area contributed by atoms with E-state index >= 15 is 0 Å². The molecule has 0 aliphatic heterocycles. The third-order valence-corrected chi connectivity index (χ3v) is 3.34. The number of aromatic amines is 1. The van der Waals surface area contributed by atoms with E-state index in [9.17, 15) is 14.7 Å². The van der Waals surface area contributed by atoms with Crippen molar-refractivity contribution < 1.29 is 19.1 Å². The Bertz CT molecular complexity index is 965. The Morgan fingerprint density at radius 2 is 2.13 bits per heavy atom. The summed E-state index contributed by atoms with van der Waals surface area (Å²) in [4.78, 5) is 26.1. The maximum atomic E-state index is 12.4. The van der Waals surface area contributed by atoms with Crippen molar-refractivity contribution in [2.24, 2.45) is 0 Å². The normalized spacial score (nSPS) is 11.2. The minimum atomic E-state index is -0.607. The van der Waals surface area contributed by atoms with Gasteiger partial charge in [0.15, 0.2) is 11.4 Å². The van der Waals surface area contributed by atoms with Crippen molar-refractivity contribution in [2.75, 3.05) is 7.11 Å². The number of hydrogen-bond donors (Lipinski definition) is 2. The number of carbonyl (C=O) groups excluding carboxylic acids is 1. The molecule has 0 atom stereocenters. The molecule has 0 amide bonds. The zero-order valence-electron chi connectivity index (χ0n) is 12.2. The highest BCUT2D eigenvalue weighted by Gasteiger charge is 2.12. The standard InChI is InChI=1S/C17H13NO5/c1-22-15-9-11(19)7-5-10(15)6-8-14(20)12-3-2-4-13-16(12)23-17(21)18-13/h2-9,19H,1H3,(H,18,21)/b8-6+. The SMILES string of the molecule is COc1cc(O)ccc1/C=C/C(=O)c1cccc2[nH]c(=O)oc12. The van der Waals surface area contributed by atoms with Crippen molar-refractivity contribution in [3.63, 3.8) is 0 Å². The summed E-state index contributed by atoms with van der Waals surface area (Å²) in [5.41, 5.74) is 1.62. The fourth-order valence-electron chi connectivity index (χ4n) is 2.26. The van der Waals surface area contributed by atoms with Crippen molar-refractivity contribution in [1.29, 1.82) is 0 Å². The number of methoxy groups -OCH3 is 1. The quantitative estimate of drug-likeness (QED) is 0.571. The van der Waals surface area contributed by atoms with Crippen molar-refractivity contribution in [2.45, 2.75) is 0 Å². The van der Waals surface area contributed by atoms with Crippen molar-refractivity contribution in [1.82, 2.24) is 4.98 Å². The molecular formula is C17H13NO5. The summed E-state index contributed by atoms with van der Waals surface area (Å²) < 4.78 is 10.2. The predicted molar refractivity (Wildman–Crippen MR) is 84.9 cm³/mol. The van der Waals surface area contributed by atoms with Crippen molar-refractivity contribution >= 4 is 23.0 Å². The lowest BCUT2D eigenvalue weighted by molar-refractivity contribution is 0.104. The monoisotopic (exact) mass is 311 g/mol. The number of aromatic hydroxyl groups is 1. The van der Waals surface area contributed by atoms with Gasteiger partial charge < -0.3 is 14.3 Å². The molecule has 0 aliphatic rings. The number of nitrogens with one attached hydrogen (secondary N) is 1. The fourth-order valence-corrected chi connectivity index (χ4v) is 2.26. The average molecular weight is 311 g/mol. The van der Waals surface area contributed by atoms with Crippen LogP contribution in [-0.2, 0) is 0 Å². The highest BCUT2D eigenvalue weighted by molar-refractivity contribution is 6.13. The number of phenols is 1. The lowest BCUT2D eigenvalue weighted by Gasteiger charge is -2.04. The maximum Gasteiger partial charge on any atom is 0.417 e. The Morgan fingerprint density at radius 1 is 1.30 bits per heavy atom. The minimum absolute atomic E-state index is 0.0733. The van der Waals surface area contributed by atoms with E-state index in [0.29, 0.717) is 16.8 Å². The van der Waals surface area contributed by atoms with E-state index in [1.165, 1.54) is 25.3 Å². The Morgan fingerprint density at radius 3 is 2.91 bits per heavy atom. The number of para-hydroxylation sites is 1. The summed E-state index contributed by atoms with van der Waals surface area (Å²) in [7, 11) is 1.48. The molecule has 0 saturated heterocycles. The molecule has 0 fully saturated rings. The van der Waals surface area contributed by atoms with E-state index in [-0.39, 0.29) is 22.7 Å². The first-order chi connectivity index (χ1) is 11.1. The van der Waals surface area contributed by atoms with Gasteiger partial charge in [-0.25, -0.2) is 4.79 Å². The molecular weight excluding hydrogens is 298 g/mol. The van der Waals surface area contributed by atoms with Gasteiger partial charge in [0.25, 0.3) is 0 Å². The number of H-pyrrole nitrogens is 1. The third-order valence-electron chi connectivity index (χ3n) is 3.34. The zero-order valence-corrected chi connectivity index (χ0v) is 12.2. The third kappa shape index (κ3) is 2.87. The number of phenolic OH excluding ortho intramolecular Hbond substituents is 1. The van der Waals surface area contributed by atoms with Gasteiger partial charge in [-0.2, -0.15) is 0 Å². The number of fused-ring (bicyclic) bond motifs is 1. The lowest BCUT2D eigenvalue weighted by atomic mass is 10.1. The highest BCUT2D eigenvalue weighted by Crippen LogP contribution is 2.25. The van der Waals surface area contributed by atoms with Crippen LogP contribution in [0.1, 0.15) is 15.9 Å². The molecule has 1 heterocycles. The Kier molecular flexibility index (Phi) is 3.72. The van der Waals surface area contributed by atoms with E-state index in [2.05, 4.69) is 4.98 Å². The first-order valence-electron chi connectivity index (χ1n) is 6.80. The molecule has 6 heteroatoms. The molecule has 2 aromatic carbocycles. The van der Waals surface area contributed by atoms with Crippen molar-refractivity contribution in [3.05, 3.63) is 64.2 Å². The van der Waals surface area contributed by atoms with Crippen LogP contribution in [0, 0.1) is 0 Å². The summed E-state index contributed by atoms with van der Waals surface area (Å²) in [6.45, 7) is 0. The van der Waals surface area contributed by atoms with Gasteiger partial charge in [-0.05, 0) is 36.4 Å². The Balaban J connectivity index is 1.96. The summed E-state index contributed by atoms with van der Waals surface area (Å²) >= 11 is 0. The van der Waals surface area contributed by atoms with Crippen LogP contribution in [-0.4, -0.2) is 23.0 Å². The second-order valence-electron chi connectivity index (χ2n) is 4.82. The van der Waals surface area contributed by atoms with Gasteiger partial charge in [0.2, 0.25) is 0 Å². The van der Waals surface area contributed by atoms with Crippen LogP contribution in [0.4, 0.5) is 0 Å². The van der Waals surface area contributed by atoms with Crippen LogP contribution in [0.15, 0.2) is 51.7 Å². The molecule has 116 valence electrons. The van der Waals surface area contributed by atoms with E-state index < -0.39 is 5.76 Å². The number of oxazole rings is 1. The predicted octanol–water partition coefficient (Wildman–Crippen LogP) is 2.73. The molecule has 23 heavy (non-hydrogen) atoms. The summed E-state index contributed by atoms with van der Waals surface area (Å²) in [6, 6.07) is 9.49. The molecule has 0 radical (unpaired) electrons. The van der Waals surface area contributed by atoms with Gasteiger partial charge in [0.1, 0.15) is 11.5 Å². The number of benzene rings is 2. The maximum absolute atomic E-state index is 12.4. The van der Waals surface area contributed by atoms with Gasteiger partial charge in [0.05, 0.1) is 18.2 Å². The second kappa shape index (κ2) is 5.84. The number of carbonyl (C=O) groups is 1. The molecule has 3 aromatic rings. The fraction of sp³-hybridized carbons (Fsp3) is 0.0588. The summed E-state index contributed by atoms with van der Waals surface area (Å²) in [5.74, 6) is -0.400. The molecule has 6 nitrogen and oxygen atoms in total. The van der Waals surface area contributed by atoms with Gasteiger partial charge in [0, 0.05) is 11.6 Å². The highest BCUT2D eigenvalue weighted by atomic mass is 16.5. The molecule has 3 rings (SSSR count). The minimum Gasteiger partial charge on any atom is -0.508 e. The smallest absolute Gasteiger partial charge is 0.417 e. The molecule has 0 unspecified atom stereocenters. The topological polar surface area (TPSA) is 92.5 Å². The van der Waals surface area contributed by atoms with Crippen LogP contribution in [0.25, 0.3) is 17.2 Å². The molecule has 1 aromatic heterocycles. The first kappa shape index (κ1) is 14.6. The van der Waals surface area contributed by atoms with Crippen molar-refractivity contribution in [3.8, 4) is 11.5 Å². The van der Waals surface area contributed by atoms with Gasteiger partial charge in [-0.15, -0.1) is 0 Å². The lowest BCUT2D eigenvalue weighted by Crippen LogP contribution is -1.95. The number of ether oxygens (including phenoxy) is 1. The molecule has 0 bridgehead atoms. The zero-order chi connectivity index (χ0) is 16.4. The number of hydrogen-bond acceptors (Lipinski definition) is 5. The van der Waals surface area contributed by atoms with E-state index in [1.807, 2.05) is 0 Å². The average Bonchev–Trinajstić information content (AvgIpc) is 2.93. The van der Waals surface area contributed by atoms with Gasteiger partial charge in [-0.3, -0.25) is 9.78 Å². The van der Waals surface area contributed by atoms with Crippen LogP contribution >= 0.6 is 0 Å². The van der Waals surface area contributed by atoms with E-state index in [0.717, 1.165) is 0 Å². The number of rotatable bonds is 4. The van der Waals surface area contributed by atoms with E-state index in [1.54, 1.807) is 30.3 Å². The number of ketones is 1. The molecule has 0 saturated carbocycles.